The van der Waals surface area contributed by atoms with Gasteiger partial charge in [0.05, 0.1) is 0 Å². The van der Waals surface area contributed by atoms with Crippen molar-refractivity contribution in [2.45, 2.75) is 64.7 Å². The minimum Gasteiger partial charge on any atom is -0.0581 e. The first kappa shape index (κ1) is 18.0. The molecule has 2 aromatic rings. The lowest BCUT2D eigenvalue weighted by Gasteiger charge is -2.42. The lowest BCUT2D eigenvalue weighted by molar-refractivity contribution is 0.332. The minimum atomic E-state index is 0.267. The standard InChI is InChI=1S/C25H29Br/c1-16-12-18-15-19(26)7-8-20(18)21(16)13-17-6-9-22-23(14-17)25(4,5)11-10-24(22,2)3/h6-9,13-16H,10-12H2,1-5H3/b21-13+. The van der Waals surface area contributed by atoms with Crippen molar-refractivity contribution >= 4 is 27.6 Å². The SMILES string of the molecule is CC1Cc2cc(Br)ccc2/C1=C/c1ccc2c(c1)C(C)(C)CCC2(C)C. The minimum absolute atomic E-state index is 0.267. The van der Waals surface area contributed by atoms with Crippen molar-refractivity contribution < 1.29 is 0 Å². The smallest absolute Gasteiger partial charge is 0.0178 e. The van der Waals surface area contributed by atoms with Crippen molar-refractivity contribution in [2.24, 2.45) is 5.92 Å². The number of halogens is 1. The van der Waals surface area contributed by atoms with Gasteiger partial charge in [-0.25, -0.2) is 0 Å². The van der Waals surface area contributed by atoms with E-state index in [0.717, 1.165) is 6.42 Å². The molecule has 4 rings (SSSR count). The highest BCUT2D eigenvalue weighted by molar-refractivity contribution is 9.10. The van der Waals surface area contributed by atoms with E-state index >= 15 is 0 Å². The van der Waals surface area contributed by atoms with Crippen LogP contribution in [-0.2, 0) is 17.3 Å². The third kappa shape index (κ3) is 2.99. The van der Waals surface area contributed by atoms with Gasteiger partial charge in [0.15, 0.2) is 0 Å². The van der Waals surface area contributed by atoms with E-state index in [2.05, 4.69) is 93.0 Å². The Bertz CT molecular complexity index is 898. The number of benzene rings is 2. The molecule has 0 nitrogen and oxygen atoms in total. The van der Waals surface area contributed by atoms with Gasteiger partial charge in [-0.3, -0.25) is 0 Å². The fraction of sp³-hybridized carbons (Fsp3) is 0.440. The van der Waals surface area contributed by atoms with Gasteiger partial charge in [-0.15, -0.1) is 0 Å². The Kier molecular flexibility index (Phi) is 4.23. The van der Waals surface area contributed by atoms with Crippen LogP contribution in [0, 0.1) is 5.92 Å². The monoisotopic (exact) mass is 408 g/mol. The van der Waals surface area contributed by atoms with Gasteiger partial charge in [0.25, 0.3) is 0 Å². The molecule has 1 unspecified atom stereocenters. The molecule has 0 radical (unpaired) electrons. The molecule has 0 fully saturated rings. The molecule has 0 saturated heterocycles. The lowest BCUT2D eigenvalue weighted by atomic mass is 9.63. The van der Waals surface area contributed by atoms with E-state index in [-0.39, 0.29) is 10.8 Å². The largest absolute Gasteiger partial charge is 0.0581 e. The first-order chi connectivity index (χ1) is 12.2. The van der Waals surface area contributed by atoms with Crippen molar-refractivity contribution in [2.75, 3.05) is 0 Å². The quantitative estimate of drug-likeness (QED) is 0.457. The summed E-state index contributed by atoms with van der Waals surface area (Å²) in [6.45, 7) is 12.0. The van der Waals surface area contributed by atoms with Crippen LogP contribution in [0.15, 0.2) is 40.9 Å². The topological polar surface area (TPSA) is 0 Å². The van der Waals surface area contributed by atoms with Crippen LogP contribution < -0.4 is 0 Å². The molecule has 1 atom stereocenters. The Morgan fingerprint density at radius 2 is 1.62 bits per heavy atom. The van der Waals surface area contributed by atoms with E-state index in [9.17, 15) is 0 Å². The average molecular weight is 409 g/mol. The number of allylic oxidation sites excluding steroid dienone is 1. The molecule has 0 spiro atoms. The fourth-order valence-corrected chi connectivity index (χ4v) is 5.22. The first-order valence-corrected chi connectivity index (χ1v) is 10.6. The van der Waals surface area contributed by atoms with E-state index in [0.29, 0.717) is 5.92 Å². The third-order valence-electron chi connectivity index (χ3n) is 6.63. The van der Waals surface area contributed by atoms with Crippen LogP contribution in [0.3, 0.4) is 0 Å². The van der Waals surface area contributed by atoms with Gasteiger partial charge in [0, 0.05) is 4.47 Å². The zero-order chi connectivity index (χ0) is 18.7. The summed E-state index contributed by atoms with van der Waals surface area (Å²) in [4.78, 5) is 0. The van der Waals surface area contributed by atoms with Crippen LogP contribution >= 0.6 is 15.9 Å². The third-order valence-corrected chi connectivity index (χ3v) is 7.13. The molecule has 26 heavy (non-hydrogen) atoms. The maximum Gasteiger partial charge on any atom is 0.0178 e. The van der Waals surface area contributed by atoms with Gasteiger partial charge in [-0.2, -0.15) is 0 Å². The summed E-state index contributed by atoms with van der Waals surface area (Å²) < 4.78 is 1.18. The molecular formula is C25H29Br. The maximum atomic E-state index is 3.62. The summed E-state index contributed by atoms with van der Waals surface area (Å²) in [5, 5.41) is 0. The highest BCUT2D eigenvalue weighted by Gasteiger charge is 2.36. The fourth-order valence-electron chi connectivity index (χ4n) is 4.81. The molecular weight excluding hydrogens is 380 g/mol. The van der Waals surface area contributed by atoms with Crippen molar-refractivity contribution in [3.8, 4) is 0 Å². The second-order valence-electron chi connectivity index (χ2n) is 9.58. The van der Waals surface area contributed by atoms with Gasteiger partial charge in [-0.05, 0) is 81.5 Å². The predicted octanol–water partition coefficient (Wildman–Crippen LogP) is 7.53. The summed E-state index contributed by atoms with van der Waals surface area (Å²) in [5.41, 5.74) is 9.38. The second-order valence-corrected chi connectivity index (χ2v) is 10.5. The zero-order valence-electron chi connectivity index (χ0n) is 16.6. The molecule has 0 aromatic heterocycles. The lowest BCUT2D eigenvalue weighted by Crippen LogP contribution is -2.33. The first-order valence-electron chi connectivity index (χ1n) is 9.83. The van der Waals surface area contributed by atoms with E-state index in [4.69, 9.17) is 0 Å². The van der Waals surface area contributed by atoms with Crippen LogP contribution in [-0.4, -0.2) is 0 Å². The number of rotatable bonds is 1. The molecule has 1 heteroatoms. The molecule has 0 saturated carbocycles. The molecule has 0 bridgehead atoms. The Labute approximate surface area is 166 Å². The van der Waals surface area contributed by atoms with Crippen LogP contribution in [0.5, 0.6) is 0 Å². The molecule has 0 amide bonds. The molecule has 2 aromatic carbocycles. The van der Waals surface area contributed by atoms with E-state index in [1.807, 2.05) is 0 Å². The van der Waals surface area contributed by atoms with Gasteiger partial charge >= 0.3 is 0 Å². The highest BCUT2D eigenvalue weighted by Crippen LogP contribution is 2.46. The molecule has 0 N–H and O–H groups in total. The van der Waals surface area contributed by atoms with Crippen LogP contribution in [0.2, 0.25) is 0 Å². The summed E-state index contributed by atoms with van der Waals surface area (Å²) in [6, 6.07) is 13.9. The maximum absolute atomic E-state index is 3.62. The van der Waals surface area contributed by atoms with Gasteiger partial charge < -0.3 is 0 Å². The number of hydrogen-bond acceptors (Lipinski definition) is 0. The van der Waals surface area contributed by atoms with Crippen LogP contribution in [0.25, 0.3) is 11.6 Å². The summed E-state index contributed by atoms with van der Waals surface area (Å²) in [5.74, 6) is 0.583. The van der Waals surface area contributed by atoms with E-state index in [1.54, 1.807) is 11.1 Å². The van der Waals surface area contributed by atoms with Gasteiger partial charge in [0.1, 0.15) is 0 Å². The molecule has 136 valence electrons. The molecule has 2 aliphatic rings. The Morgan fingerprint density at radius 3 is 2.35 bits per heavy atom. The number of hydrogen-bond donors (Lipinski definition) is 0. The van der Waals surface area contributed by atoms with Crippen molar-refractivity contribution in [3.05, 3.63) is 68.7 Å². The summed E-state index contributed by atoms with van der Waals surface area (Å²) in [6.07, 6.45) is 6.11. The van der Waals surface area contributed by atoms with E-state index in [1.165, 1.54) is 39.6 Å². The molecule has 0 aliphatic heterocycles. The van der Waals surface area contributed by atoms with Gasteiger partial charge in [-0.1, -0.05) is 80.9 Å². The van der Waals surface area contributed by atoms with Crippen LogP contribution in [0.4, 0.5) is 0 Å². The zero-order valence-corrected chi connectivity index (χ0v) is 18.2. The van der Waals surface area contributed by atoms with Crippen molar-refractivity contribution in [1.29, 1.82) is 0 Å². The average Bonchev–Trinajstić information content (AvgIpc) is 2.87. The predicted molar refractivity (Wildman–Crippen MR) is 117 cm³/mol. The second kappa shape index (κ2) is 6.09. The summed E-state index contributed by atoms with van der Waals surface area (Å²) in [7, 11) is 0. The normalized spacial score (nSPS) is 24.4. The Balaban J connectivity index is 1.80. The summed E-state index contributed by atoms with van der Waals surface area (Å²) >= 11 is 3.62. The Hall–Kier alpha value is -1.34. The Morgan fingerprint density at radius 1 is 0.923 bits per heavy atom. The molecule has 0 heterocycles. The highest BCUT2D eigenvalue weighted by atomic mass is 79.9. The van der Waals surface area contributed by atoms with E-state index < -0.39 is 0 Å². The number of fused-ring (bicyclic) bond motifs is 2. The van der Waals surface area contributed by atoms with Gasteiger partial charge in [0.2, 0.25) is 0 Å². The van der Waals surface area contributed by atoms with Crippen molar-refractivity contribution in [1.82, 2.24) is 0 Å². The molecule has 2 aliphatic carbocycles. The van der Waals surface area contributed by atoms with Crippen LogP contribution in [0.1, 0.15) is 75.3 Å². The van der Waals surface area contributed by atoms with Crippen molar-refractivity contribution in [3.63, 3.8) is 0 Å².